The summed E-state index contributed by atoms with van der Waals surface area (Å²) in [5, 5.41) is 1.86. The van der Waals surface area contributed by atoms with Crippen molar-refractivity contribution in [2.75, 3.05) is 0 Å². The summed E-state index contributed by atoms with van der Waals surface area (Å²) in [4.78, 5) is 30.2. The van der Waals surface area contributed by atoms with Crippen LogP contribution in [0.15, 0.2) is 40.5 Å². The number of fused-ring (bicyclic) bond motifs is 1. The second-order valence-corrected chi connectivity index (χ2v) is 7.79. The molecule has 2 aromatic heterocycles. The molecule has 7 heteroatoms. The van der Waals surface area contributed by atoms with E-state index in [1.165, 1.54) is 33.9 Å². The van der Waals surface area contributed by atoms with Gasteiger partial charge in [0.05, 0.1) is 11.1 Å². The number of thiazole rings is 1. The Kier molecular flexibility index (Phi) is 4.55. The summed E-state index contributed by atoms with van der Waals surface area (Å²) in [6.07, 6.45) is 3.20. The highest BCUT2D eigenvalue weighted by atomic mass is 32.1. The molecule has 140 valence electrons. The zero-order chi connectivity index (χ0) is 19.0. The van der Waals surface area contributed by atoms with Crippen molar-refractivity contribution in [1.82, 2.24) is 9.38 Å². The van der Waals surface area contributed by atoms with E-state index in [0.717, 1.165) is 24.1 Å². The average molecular weight is 386 g/mol. The standard InChI is InChI=1S/C20H19FN2O3S/c1-13-12-27-19-22-16(10-17(24)23(13)19)11-26-18(25)20(8-2-3-9-20)14-4-6-15(21)7-5-14/h4-7,10,12H,2-3,8-9,11H2,1H3. The number of carbonyl (C=O) groups is 1. The number of rotatable bonds is 4. The quantitative estimate of drug-likeness (QED) is 0.641. The molecule has 27 heavy (non-hydrogen) atoms. The molecule has 0 radical (unpaired) electrons. The van der Waals surface area contributed by atoms with Gasteiger partial charge in [-0.25, -0.2) is 9.37 Å². The molecule has 0 N–H and O–H groups in total. The Bertz CT molecular complexity index is 1050. The number of hydrogen-bond donors (Lipinski definition) is 0. The van der Waals surface area contributed by atoms with Crippen LogP contribution < -0.4 is 5.56 Å². The summed E-state index contributed by atoms with van der Waals surface area (Å²) < 4.78 is 20.4. The van der Waals surface area contributed by atoms with Crippen LogP contribution >= 0.6 is 11.3 Å². The van der Waals surface area contributed by atoms with Gasteiger partial charge < -0.3 is 4.74 Å². The van der Waals surface area contributed by atoms with Gasteiger partial charge in [-0.1, -0.05) is 25.0 Å². The summed E-state index contributed by atoms with van der Waals surface area (Å²) in [5.74, 6) is -0.666. The lowest BCUT2D eigenvalue weighted by atomic mass is 9.79. The Morgan fingerprint density at radius 1 is 1.30 bits per heavy atom. The average Bonchev–Trinajstić information content (AvgIpc) is 3.29. The van der Waals surface area contributed by atoms with Crippen LogP contribution in [0.3, 0.4) is 0 Å². The van der Waals surface area contributed by atoms with Crippen LogP contribution in [-0.4, -0.2) is 15.4 Å². The lowest BCUT2D eigenvalue weighted by molar-refractivity contribution is -0.152. The highest BCUT2D eigenvalue weighted by molar-refractivity contribution is 7.15. The van der Waals surface area contributed by atoms with Crippen molar-refractivity contribution in [1.29, 1.82) is 0 Å². The second kappa shape index (κ2) is 6.88. The van der Waals surface area contributed by atoms with Gasteiger partial charge in [-0.15, -0.1) is 11.3 Å². The molecule has 4 rings (SSSR count). The summed E-state index contributed by atoms with van der Waals surface area (Å²) >= 11 is 1.38. The normalized spacial score (nSPS) is 15.9. The van der Waals surface area contributed by atoms with Gasteiger partial charge in [0.25, 0.3) is 5.56 Å². The van der Waals surface area contributed by atoms with Gasteiger partial charge >= 0.3 is 5.97 Å². The minimum absolute atomic E-state index is 0.0511. The van der Waals surface area contributed by atoms with Crippen LogP contribution in [0.2, 0.25) is 0 Å². The number of ether oxygens (including phenoxy) is 1. The van der Waals surface area contributed by atoms with Gasteiger partial charge in [-0.3, -0.25) is 14.0 Å². The fraction of sp³-hybridized carbons (Fsp3) is 0.350. The molecule has 2 heterocycles. The lowest BCUT2D eigenvalue weighted by Crippen LogP contribution is -2.34. The molecule has 0 atom stereocenters. The number of benzene rings is 1. The van der Waals surface area contributed by atoms with Gasteiger partial charge in [-0.05, 0) is 37.5 Å². The number of esters is 1. The van der Waals surface area contributed by atoms with E-state index in [1.807, 2.05) is 12.3 Å². The summed E-state index contributed by atoms with van der Waals surface area (Å²) in [5.41, 5.74) is 1.12. The first kappa shape index (κ1) is 17.9. The Morgan fingerprint density at radius 3 is 2.70 bits per heavy atom. The molecular weight excluding hydrogens is 367 g/mol. The van der Waals surface area contributed by atoms with E-state index in [0.29, 0.717) is 23.5 Å². The molecule has 5 nitrogen and oxygen atoms in total. The number of nitrogens with zero attached hydrogens (tertiary/aromatic N) is 2. The third-order valence-corrected chi connectivity index (χ3v) is 6.17. The molecule has 1 aromatic carbocycles. The third-order valence-electron chi connectivity index (χ3n) is 5.22. The molecule has 0 spiro atoms. The molecule has 0 aliphatic heterocycles. The van der Waals surface area contributed by atoms with E-state index in [2.05, 4.69) is 4.98 Å². The Balaban J connectivity index is 1.57. The van der Waals surface area contributed by atoms with Gasteiger partial charge in [0.15, 0.2) is 4.96 Å². The topological polar surface area (TPSA) is 60.7 Å². The van der Waals surface area contributed by atoms with E-state index >= 15 is 0 Å². The minimum Gasteiger partial charge on any atom is -0.458 e. The van der Waals surface area contributed by atoms with Crippen LogP contribution in [0, 0.1) is 12.7 Å². The zero-order valence-corrected chi connectivity index (χ0v) is 15.7. The minimum atomic E-state index is -0.744. The van der Waals surface area contributed by atoms with Gasteiger partial charge in [0.2, 0.25) is 0 Å². The Labute approximate surface area is 159 Å². The van der Waals surface area contributed by atoms with Gasteiger partial charge in [-0.2, -0.15) is 0 Å². The third kappa shape index (κ3) is 3.16. The largest absolute Gasteiger partial charge is 0.458 e. The highest BCUT2D eigenvalue weighted by Gasteiger charge is 2.44. The van der Waals surface area contributed by atoms with Crippen molar-refractivity contribution in [3.05, 3.63) is 68.8 Å². The van der Waals surface area contributed by atoms with Gasteiger partial charge in [0, 0.05) is 17.1 Å². The smallest absolute Gasteiger partial charge is 0.316 e. The molecule has 1 saturated carbocycles. The molecule has 1 aliphatic carbocycles. The lowest BCUT2D eigenvalue weighted by Gasteiger charge is -2.27. The second-order valence-electron chi connectivity index (χ2n) is 6.95. The highest BCUT2D eigenvalue weighted by Crippen LogP contribution is 2.42. The number of carbonyl (C=O) groups excluding carboxylic acids is 1. The maximum Gasteiger partial charge on any atom is 0.316 e. The van der Waals surface area contributed by atoms with Crippen molar-refractivity contribution in [3.63, 3.8) is 0 Å². The summed E-state index contributed by atoms with van der Waals surface area (Å²) in [6, 6.07) is 7.47. The van der Waals surface area contributed by atoms with E-state index in [4.69, 9.17) is 4.74 Å². The first-order valence-corrected chi connectivity index (χ1v) is 9.78. The van der Waals surface area contributed by atoms with E-state index < -0.39 is 5.41 Å². The van der Waals surface area contributed by atoms with E-state index in [1.54, 1.807) is 12.1 Å². The maximum atomic E-state index is 13.3. The fourth-order valence-corrected chi connectivity index (χ4v) is 4.70. The maximum absolute atomic E-state index is 13.3. The van der Waals surface area contributed by atoms with Crippen LogP contribution in [-0.2, 0) is 21.6 Å². The number of hydrogen-bond acceptors (Lipinski definition) is 5. The molecule has 0 amide bonds. The van der Waals surface area contributed by atoms with E-state index in [9.17, 15) is 14.0 Å². The van der Waals surface area contributed by atoms with Crippen LogP contribution in [0.5, 0.6) is 0 Å². The van der Waals surface area contributed by atoms with Crippen molar-refractivity contribution >= 4 is 22.3 Å². The van der Waals surface area contributed by atoms with Crippen molar-refractivity contribution < 1.29 is 13.9 Å². The van der Waals surface area contributed by atoms with E-state index in [-0.39, 0.29) is 24.0 Å². The molecule has 1 aliphatic rings. The number of aromatic nitrogens is 2. The predicted molar refractivity (Wildman–Crippen MR) is 100 cm³/mol. The summed E-state index contributed by atoms with van der Waals surface area (Å²) in [6.45, 7) is 1.79. The molecular formula is C20H19FN2O3S. The molecule has 0 bridgehead atoms. The molecule has 0 unspecified atom stereocenters. The van der Waals surface area contributed by atoms with Gasteiger partial charge in [0.1, 0.15) is 12.4 Å². The first-order valence-electron chi connectivity index (χ1n) is 8.90. The van der Waals surface area contributed by atoms with Crippen molar-refractivity contribution in [2.24, 2.45) is 0 Å². The van der Waals surface area contributed by atoms with Crippen LogP contribution in [0.1, 0.15) is 42.6 Å². The molecule has 3 aromatic rings. The molecule has 0 saturated heterocycles. The Hall–Kier alpha value is -2.54. The molecule has 1 fully saturated rings. The number of aryl methyl sites for hydroxylation is 1. The predicted octanol–water partition coefficient (Wildman–Crippen LogP) is 3.76. The van der Waals surface area contributed by atoms with Crippen molar-refractivity contribution in [2.45, 2.75) is 44.6 Å². The first-order chi connectivity index (χ1) is 13.0. The monoisotopic (exact) mass is 386 g/mol. The fourth-order valence-electron chi connectivity index (χ4n) is 3.81. The summed E-state index contributed by atoms with van der Waals surface area (Å²) in [7, 11) is 0. The van der Waals surface area contributed by atoms with Crippen LogP contribution in [0.25, 0.3) is 4.96 Å². The van der Waals surface area contributed by atoms with Crippen molar-refractivity contribution in [3.8, 4) is 0 Å². The Morgan fingerprint density at radius 2 is 2.00 bits per heavy atom. The SMILES string of the molecule is Cc1csc2nc(COC(=O)C3(c4ccc(F)cc4)CCCC3)cc(=O)n12. The number of halogens is 1. The zero-order valence-electron chi connectivity index (χ0n) is 14.9. The van der Waals surface area contributed by atoms with Crippen LogP contribution in [0.4, 0.5) is 4.39 Å².